The molecule has 1 aromatic carbocycles. The number of carbonyl (C=O) groups excluding carboxylic acids is 1. The molecule has 1 rings (SSSR count). The predicted molar refractivity (Wildman–Crippen MR) is 75.6 cm³/mol. The Morgan fingerprint density at radius 2 is 2.06 bits per heavy atom. The van der Waals surface area contributed by atoms with Crippen molar-refractivity contribution in [2.24, 2.45) is 0 Å². The summed E-state index contributed by atoms with van der Waals surface area (Å²) in [5.74, 6) is 0. The van der Waals surface area contributed by atoms with Gasteiger partial charge in [0.15, 0.2) is 6.29 Å². The van der Waals surface area contributed by atoms with Crippen LogP contribution in [0, 0.1) is 0 Å². The summed E-state index contributed by atoms with van der Waals surface area (Å²) in [5.41, 5.74) is 1.45. The van der Waals surface area contributed by atoms with E-state index in [2.05, 4.69) is 18.7 Å². The second kappa shape index (κ2) is 7.39. The third-order valence-corrected chi connectivity index (χ3v) is 3.49. The highest BCUT2D eigenvalue weighted by atomic mass is 35.5. The number of anilines is 1. The number of halogens is 1. The van der Waals surface area contributed by atoms with Gasteiger partial charge in [-0.05, 0) is 31.0 Å². The molecule has 0 atom stereocenters. The van der Waals surface area contributed by atoms with Crippen molar-refractivity contribution >= 4 is 23.6 Å². The highest BCUT2D eigenvalue weighted by Gasteiger charge is 2.16. The largest absolute Gasteiger partial charge is 0.395 e. The van der Waals surface area contributed by atoms with Crippen LogP contribution in [0.15, 0.2) is 18.2 Å². The zero-order valence-electron chi connectivity index (χ0n) is 10.9. The topological polar surface area (TPSA) is 40.5 Å². The summed E-state index contributed by atoms with van der Waals surface area (Å²) >= 11 is 6.04. The first-order valence-corrected chi connectivity index (χ1v) is 6.67. The predicted octanol–water partition coefficient (Wildman–Crippen LogP) is 3.14. The lowest BCUT2D eigenvalue weighted by molar-refractivity contribution is 0.112. The molecule has 0 saturated carbocycles. The molecule has 100 valence electrons. The molecule has 0 saturated heterocycles. The zero-order chi connectivity index (χ0) is 13.5. The Kier molecular flexibility index (Phi) is 6.16. The number of aldehydes is 1. The SMILES string of the molecule is CCC(CC)N(CCO)c1ccc(C=O)c(Cl)c1. The average molecular weight is 270 g/mol. The molecule has 1 aromatic rings. The highest BCUT2D eigenvalue weighted by Crippen LogP contribution is 2.25. The Balaban J connectivity index is 3.05. The van der Waals surface area contributed by atoms with E-state index in [1.165, 1.54) is 0 Å². The number of hydrogen-bond acceptors (Lipinski definition) is 3. The normalized spacial score (nSPS) is 10.7. The maximum atomic E-state index is 10.7. The molecule has 0 heterocycles. The van der Waals surface area contributed by atoms with E-state index >= 15 is 0 Å². The fourth-order valence-corrected chi connectivity index (χ4v) is 2.37. The lowest BCUT2D eigenvalue weighted by Crippen LogP contribution is -2.36. The zero-order valence-corrected chi connectivity index (χ0v) is 11.7. The molecule has 3 nitrogen and oxygen atoms in total. The van der Waals surface area contributed by atoms with Crippen LogP contribution in [0.1, 0.15) is 37.0 Å². The van der Waals surface area contributed by atoms with Gasteiger partial charge in [-0.1, -0.05) is 25.4 Å². The van der Waals surface area contributed by atoms with Crippen molar-refractivity contribution in [3.63, 3.8) is 0 Å². The van der Waals surface area contributed by atoms with Crippen LogP contribution < -0.4 is 4.90 Å². The van der Waals surface area contributed by atoms with Gasteiger partial charge in [-0.25, -0.2) is 0 Å². The minimum absolute atomic E-state index is 0.101. The summed E-state index contributed by atoms with van der Waals surface area (Å²) in [6.45, 7) is 4.92. The number of rotatable bonds is 7. The summed E-state index contributed by atoms with van der Waals surface area (Å²) in [6.07, 6.45) is 2.76. The van der Waals surface area contributed by atoms with Crippen LogP contribution in [0.3, 0.4) is 0 Å². The second-order valence-corrected chi connectivity index (χ2v) is 4.62. The van der Waals surface area contributed by atoms with E-state index in [0.717, 1.165) is 24.8 Å². The number of nitrogens with zero attached hydrogens (tertiary/aromatic N) is 1. The van der Waals surface area contributed by atoms with Crippen molar-refractivity contribution in [3.05, 3.63) is 28.8 Å². The molecule has 0 aliphatic rings. The molecule has 0 aliphatic carbocycles. The molecule has 0 radical (unpaired) electrons. The van der Waals surface area contributed by atoms with Gasteiger partial charge in [-0.2, -0.15) is 0 Å². The van der Waals surface area contributed by atoms with E-state index in [4.69, 9.17) is 11.6 Å². The number of aliphatic hydroxyl groups excluding tert-OH is 1. The van der Waals surface area contributed by atoms with E-state index in [1.807, 2.05) is 6.07 Å². The molecular weight excluding hydrogens is 250 g/mol. The van der Waals surface area contributed by atoms with Gasteiger partial charge < -0.3 is 10.0 Å². The summed E-state index contributed by atoms with van der Waals surface area (Å²) < 4.78 is 0. The first-order chi connectivity index (χ1) is 8.67. The van der Waals surface area contributed by atoms with Crippen LogP contribution in [-0.2, 0) is 0 Å². The molecule has 18 heavy (non-hydrogen) atoms. The van der Waals surface area contributed by atoms with Crippen LogP contribution in [0.2, 0.25) is 5.02 Å². The maximum Gasteiger partial charge on any atom is 0.151 e. The molecule has 0 spiro atoms. The van der Waals surface area contributed by atoms with Gasteiger partial charge in [-0.3, -0.25) is 4.79 Å². The Morgan fingerprint density at radius 3 is 2.50 bits per heavy atom. The number of benzene rings is 1. The molecule has 0 fully saturated rings. The molecule has 4 heteroatoms. The smallest absolute Gasteiger partial charge is 0.151 e. The van der Waals surface area contributed by atoms with Gasteiger partial charge in [0.25, 0.3) is 0 Å². The Labute approximate surface area is 113 Å². The highest BCUT2D eigenvalue weighted by molar-refractivity contribution is 6.33. The molecule has 0 unspecified atom stereocenters. The van der Waals surface area contributed by atoms with E-state index < -0.39 is 0 Å². The third kappa shape index (κ3) is 3.47. The summed E-state index contributed by atoms with van der Waals surface area (Å²) in [7, 11) is 0. The molecule has 0 aliphatic heterocycles. The Morgan fingerprint density at radius 1 is 1.39 bits per heavy atom. The van der Waals surface area contributed by atoms with Crippen molar-refractivity contribution < 1.29 is 9.90 Å². The van der Waals surface area contributed by atoms with Crippen molar-refractivity contribution in [1.82, 2.24) is 0 Å². The van der Waals surface area contributed by atoms with Crippen molar-refractivity contribution in [3.8, 4) is 0 Å². The molecule has 0 amide bonds. The number of carbonyl (C=O) groups is 1. The monoisotopic (exact) mass is 269 g/mol. The lowest BCUT2D eigenvalue weighted by Gasteiger charge is -2.32. The van der Waals surface area contributed by atoms with E-state index in [9.17, 15) is 9.90 Å². The minimum Gasteiger partial charge on any atom is -0.395 e. The summed E-state index contributed by atoms with van der Waals surface area (Å²) in [6, 6.07) is 5.76. The molecule has 1 N–H and O–H groups in total. The van der Waals surface area contributed by atoms with Crippen LogP contribution in [0.5, 0.6) is 0 Å². The Hall–Kier alpha value is -1.06. The maximum absolute atomic E-state index is 10.7. The first kappa shape index (κ1) is 15.0. The average Bonchev–Trinajstić information content (AvgIpc) is 2.39. The number of hydrogen-bond donors (Lipinski definition) is 1. The molecule has 0 bridgehead atoms. The molecular formula is C14H20ClNO2. The van der Waals surface area contributed by atoms with E-state index in [-0.39, 0.29) is 6.61 Å². The van der Waals surface area contributed by atoms with Gasteiger partial charge in [-0.15, -0.1) is 0 Å². The number of aliphatic hydroxyl groups is 1. The Bertz CT molecular complexity index is 391. The van der Waals surface area contributed by atoms with E-state index in [0.29, 0.717) is 23.2 Å². The van der Waals surface area contributed by atoms with Crippen LogP contribution >= 0.6 is 11.6 Å². The first-order valence-electron chi connectivity index (χ1n) is 6.30. The summed E-state index contributed by atoms with van der Waals surface area (Å²) in [5, 5.41) is 9.63. The van der Waals surface area contributed by atoms with Gasteiger partial charge in [0, 0.05) is 23.8 Å². The quantitative estimate of drug-likeness (QED) is 0.773. The van der Waals surface area contributed by atoms with Gasteiger partial charge in [0.1, 0.15) is 0 Å². The van der Waals surface area contributed by atoms with Crippen LogP contribution in [0.4, 0.5) is 5.69 Å². The fourth-order valence-electron chi connectivity index (χ4n) is 2.15. The van der Waals surface area contributed by atoms with Gasteiger partial charge in [0.2, 0.25) is 0 Å². The summed E-state index contributed by atoms with van der Waals surface area (Å²) in [4.78, 5) is 12.9. The lowest BCUT2D eigenvalue weighted by atomic mass is 10.1. The standard InChI is InChI=1S/C14H20ClNO2/c1-3-12(4-2)16(7-8-17)13-6-5-11(10-18)14(15)9-13/h5-6,9-10,12,17H,3-4,7-8H2,1-2H3. The molecule has 0 aromatic heterocycles. The van der Waals surface area contributed by atoms with Crippen molar-refractivity contribution in [2.45, 2.75) is 32.7 Å². The second-order valence-electron chi connectivity index (χ2n) is 4.21. The fraction of sp³-hybridized carbons (Fsp3) is 0.500. The minimum atomic E-state index is 0.101. The van der Waals surface area contributed by atoms with Gasteiger partial charge in [0.05, 0.1) is 11.6 Å². The third-order valence-electron chi connectivity index (χ3n) is 3.17. The van der Waals surface area contributed by atoms with Crippen LogP contribution in [0.25, 0.3) is 0 Å². The van der Waals surface area contributed by atoms with Crippen molar-refractivity contribution in [1.29, 1.82) is 0 Å². The van der Waals surface area contributed by atoms with Crippen LogP contribution in [-0.4, -0.2) is 30.6 Å². The van der Waals surface area contributed by atoms with Crippen molar-refractivity contribution in [2.75, 3.05) is 18.1 Å². The van der Waals surface area contributed by atoms with Gasteiger partial charge >= 0.3 is 0 Å². The van der Waals surface area contributed by atoms with E-state index in [1.54, 1.807) is 12.1 Å².